The number of ether oxygens (including phenoxy) is 1. The Kier molecular flexibility index (Phi) is 7.85. The fraction of sp³-hybridized carbons (Fsp3) is 0.321. The number of hydrogen-bond donors (Lipinski definition) is 2. The van der Waals surface area contributed by atoms with Crippen molar-refractivity contribution in [3.8, 4) is 0 Å². The smallest absolute Gasteiger partial charge is 0.322 e. The van der Waals surface area contributed by atoms with Crippen LogP contribution in [0.25, 0.3) is 0 Å². The molecule has 188 valence electrons. The van der Waals surface area contributed by atoms with Crippen molar-refractivity contribution in [3.63, 3.8) is 0 Å². The minimum atomic E-state index is -0.749. The number of rotatable bonds is 10. The quantitative estimate of drug-likeness (QED) is 0.398. The summed E-state index contributed by atoms with van der Waals surface area (Å²) in [6.45, 7) is 6.87. The lowest BCUT2D eigenvalue weighted by Crippen LogP contribution is -2.50. The summed E-state index contributed by atoms with van der Waals surface area (Å²) in [7, 11) is 1.57. The summed E-state index contributed by atoms with van der Waals surface area (Å²) in [5.74, 6) is -0.515. The average Bonchev–Trinajstić information content (AvgIpc) is 3.21. The molecule has 4 rings (SSSR count). The molecule has 2 aromatic rings. The van der Waals surface area contributed by atoms with E-state index < -0.39 is 12.1 Å². The number of amides is 4. The molecule has 0 radical (unpaired) electrons. The first-order valence-electron chi connectivity index (χ1n) is 12.0. The van der Waals surface area contributed by atoms with E-state index in [1.54, 1.807) is 18.1 Å². The highest BCUT2D eigenvalue weighted by Crippen LogP contribution is 2.37. The monoisotopic (exact) mass is 488 g/mol. The van der Waals surface area contributed by atoms with Crippen molar-refractivity contribution in [2.45, 2.75) is 25.4 Å². The Morgan fingerprint density at radius 2 is 2.00 bits per heavy atom. The molecule has 4 amide bonds. The van der Waals surface area contributed by atoms with Crippen LogP contribution in [0.3, 0.4) is 0 Å². The molecule has 2 aromatic carbocycles. The molecule has 0 unspecified atom stereocenters. The lowest BCUT2D eigenvalue weighted by Gasteiger charge is -2.33. The second kappa shape index (κ2) is 11.2. The summed E-state index contributed by atoms with van der Waals surface area (Å²) in [5, 5.41) is 5.88. The van der Waals surface area contributed by atoms with E-state index in [2.05, 4.69) is 17.2 Å². The van der Waals surface area contributed by atoms with Crippen molar-refractivity contribution in [3.05, 3.63) is 95.2 Å². The van der Waals surface area contributed by atoms with Gasteiger partial charge in [-0.2, -0.15) is 0 Å². The molecule has 0 fully saturated rings. The number of methoxy groups -OCH3 is 1. The molecule has 0 saturated heterocycles. The second-order valence-electron chi connectivity index (χ2n) is 8.98. The summed E-state index contributed by atoms with van der Waals surface area (Å²) in [5.41, 5.74) is 3.89. The van der Waals surface area contributed by atoms with Crippen LogP contribution in [0.2, 0.25) is 0 Å². The molecule has 0 spiro atoms. The topological polar surface area (TPSA) is 91.0 Å². The van der Waals surface area contributed by atoms with Gasteiger partial charge in [0.2, 0.25) is 5.91 Å². The van der Waals surface area contributed by atoms with Gasteiger partial charge < -0.3 is 20.3 Å². The van der Waals surface area contributed by atoms with Crippen molar-refractivity contribution in [2.24, 2.45) is 0 Å². The third-order valence-corrected chi connectivity index (χ3v) is 6.49. The van der Waals surface area contributed by atoms with Crippen molar-refractivity contribution in [1.82, 2.24) is 20.4 Å². The van der Waals surface area contributed by atoms with Gasteiger partial charge in [0.05, 0.1) is 30.5 Å². The molecular weight excluding hydrogens is 456 g/mol. The minimum absolute atomic E-state index is 0.160. The van der Waals surface area contributed by atoms with Crippen LogP contribution in [-0.2, 0) is 20.7 Å². The Labute approximate surface area is 211 Å². The van der Waals surface area contributed by atoms with Crippen LogP contribution in [0.15, 0.2) is 78.5 Å². The Balaban J connectivity index is 1.71. The van der Waals surface area contributed by atoms with Gasteiger partial charge in [-0.05, 0) is 18.1 Å². The van der Waals surface area contributed by atoms with Crippen LogP contribution in [0.1, 0.15) is 22.7 Å². The summed E-state index contributed by atoms with van der Waals surface area (Å²) in [6, 6.07) is 15.7. The van der Waals surface area contributed by atoms with Crippen LogP contribution in [0, 0.1) is 6.92 Å². The highest BCUT2D eigenvalue weighted by atomic mass is 16.5. The van der Waals surface area contributed by atoms with Gasteiger partial charge in [-0.15, -0.1) is 6.58 Å². The fourth-order valence-electron chi connectivity index (χ4n) is 4.76. The molecule has 0 aliphatic carbocycles. The maximum Gasteiger partial charge on any atom is 0.322 e. The molecule has 36 heavy (non-hydrogen) atoms. The zero-order valence-corrected chi connectivity index (χ0v) is 20.7. The number of urea groups is 1. The molecule has 2 aliphatic heterocycles. The first kappa shape index (κ1) is 25.2. The van der Waals surface area contributed by atoms with Gasteiger partial charge in [0.25, 0.3) is 5.91 Å². The van der Waals surface area contributed by atoms with Gasteiger partial charge in [0.1, 0.15) is 6.04 Å². The number of carbonyl (C=O) groups is 3. The lowest BCUT2D eigenvalue weighted by atomic mass is 9.94. The van der Waals surface area contributed by atoms with Crippen LogP contribution < -0.4 is 10.6 Å². The summed E-state index contributed by atoms with van der Waals surface area (Å²) < 4.78 is 5.07. The van der Waals surface area contributed by atoms with E-state index in [1.807, 2.05) is 61.5 Å². The molecule has 0 bridgehead atoms. The van der Waals surface area contributed by atoms with E-state index in [4.69, 9.17) is 4.74 Å². The molecule has 0 saturated carbocycles. The lowest BCUT2D eigenvalue weighted by molar-refractivity contribution is -0.136. The van der Waals surface area contributed by atoms with Gasteiger partial charge in [0.15, 0.2) is 0 Å². The molecule has 8 nitrogen and oxygen atoms in total. The molecular formula is C28H32N4O4. The van der Waals surface area contributed by atoms with E-state index in [1.165, 1.54) is 4.90 Å². The highest BCUT2D eigenvalue weighted by Gasteiger charge is 2.46. The number of carbonyl (C=O) groups excluding carboxylic acids is 3. The van der Waals surface area contributed by atoms with Crippen LogP contribution in [0.4, 0.5) is 4.79 Å². The largest absolute Gasteiger partial charge is 0.383 e. The van der Waals surface area contributed by atoms with Crippen LogP contribution in [0.5, 0.6) is 0 Å². The maximum atomic E-state index is 14.0. The molecule has 2 aliphatic rings. The third-order valence-electron chi connectivity index (χ3n) is 6.49. The molecule has 8 heteroatoms. The number of aryl methyl sites for hydroxylation is 1. The number of nitrogens with zero attached hydrogens (tertiary/aromatic N) is 2. The Bertz CT molecular complexity index is 1180. The third kappa shape index (κ3) is 5.18. The molecule has 2 heterocycles. The van der Waals surface area contributed by atoms with Gasteiger partial charge in [-0.1, -0.05) is 66.2 Å². The van der Waals surface area contributed by atoms with Gasteiger partial charge in [-0.3, -0.25) is 14.5 Å². The van der Waals surface area contributed by atoms with Crippen molar-refractivity contribution < 1.29 is 19.1 Å². The highest BCUT2D eigenvalue weighted by molar-refractivity contribution is 6.03. The average molecular weight is 489 g/mol. The predicted molar refractivity (Wildman–Crippen MR) is 137 cm³/mol. The first-order valence-corrected chi connectivity index (χ1v) is 12.0. The summed E-state index contributed by atoms with van der Waals surface area (Å²) in [4.78, 5) is 43.5. The van der Waals surface area contributed by atoms with E-state index in [9.17, 15) is 14.4 Å². The van der Waals surface area contributed by atoms with E-state index in [0.29, 0.717) is 30.8 Å². The maximum absolute atomic E-state index is 14.0. The number of hydrogen-bond acceptors (Lipinski definition) is 4. The van der Waals surface area contributed by atoms with Crippen LogP contribution in [-0.4, -0.2) is 67.0 Å². The minimum Gasteiger partial charge on any atom is -0.383 e. The van der Waals surface area contributed by atoms with Crippen LogP contribution >= 0.6 is 0 Å². The van der Waals surface area contributed by atoms with E-state index in [-0.39, 0.29) is 30.9 Å². The zero-order valence-electron chi connectivity index (χ0n) is 20.7. The first-order chi connectivity index (χ1) is 17.4. The summed E-state index contributed by atoms with van der Waals surface area (Å²) >= 11 is 0. The second-order valence-corrected chi connectivity index (χ2v) is 8.98. The molecule has 2 atom stereocenters. The van der Waals surface area contributed by atoms with Crippen molar-refractivity contribution in [1.29, 1.82) is 0 Å². The van der Waals surface area contributed by atoms with Gasteiger partial charge in [-0.25, -0.2) is 4.79 Å². The number of nitrogens with one attached hydrogen (secondary N) is 2. The van der Waals surface area contributed by atoms with Gasteiger partial charge >= 0.3 is 6.03 Å². The zero-order chi connectivity index (χ0) is 25.7. The van der Waals surface area contributed by atoms with E-state index >= 15 is 0 Å². The normalized spacial score (nSPS) is 18.1. The summed E-state index contributed by atoms with van der Waals surface area (Å²) in [6.07, 6.45) is 1.98. The Hall–Kier alpha value is -3.91. The Morgan fingerprint density at radius 3 is 2.69 bits per heavy atom. The molecule has 0 aromatic heterocycles. The fourth-order valence-corrected chi connectivity index (χ4v) is 4.76. The van der Waals surface area contributed by atoms with E-state index in [0.717, 1.165) is 16.7 Å². The van der Waals surface area contributed by atoms with Crippen molar-refractivity contribution >= 4 is 17.8 Å². The number of benzene rings is 2. The standard InChI is InChI=1S/C28H32N4O4/c1-4-14-31-23-18-32(22(26(33)29-13-15-36-3)17-20-10-6-5-7-11-20)27(34)24(23)25(30-28(31)35)21-12-8-9-19(2)16-21/h4-12,16,22,25H,1,13-15,17-18H2,2-3H3,(H,29,33)(H,30,35)/t22-,25+/m0/s1. The molecule has 2 N–H and O–H groups in total. The Morgan fingerprint density at radius 1 is 1.22 bits per heavy atom. The van der Waals surface area contributed by atoms with Gasteiger partial charge in [0, 0.05) is 26.6 Å². The SMILES string of the molecule is C=CCN1C(=O)N[C@H](c2cccc(C)c2)C2=C1CN([C@@H](Cc1ccccc1)C(=O)NCCOC)C2=O. The van der Waals surface area contributed by atoms with Crippen molar-refractivity contribution in [2.75, 3.05) is 33.4 Å². The predicted octanol–water partition coefficient (Wildman–Crippen LogP) is 2.72.